The van der Waals surface area contributed by atoms with Crippen molar-refractivity contribution in [2.45, 2.75) is 13.5 Å². The van der Waals surface area contributed by atoms with E-state index in [0.717, 1.165) is 17.3 Å². The number of halogens is 2. The van der Waals surface area contributed by atoms with Crippen molar-refractivity contribution in [3.63, 3.8) is 0 Å². The molecule has 0 N–H and O–H groups in total. The zero-order chi connectivity index (χ0) is 18.3. The van der Waals surface area contributed by atoms with Crippen molar-refractivity contribution in [2.24, 2.45) is 0 Å². The SMILES string of the molecule is Cc1cc2c(N3CCN(Cc4ccc(F)cc4F)C(=O)C3)nccn2n1. The highest BCUT2D eigenvalue weighted by atomic mass is 19.1. The summed E-state index contributed by atoms with van der Waals surface area (Å²) in [5.41, 5.74) is 2.02. The lowest BCUT2D eigenvalue weighted by atomic mass is 10.1. The van der Waals surface area contributed by atoms with Crippen molar-refractivity contribution >= 4 is 17.2 Å². The Labute approximate surface area is 148 Å². The maximum absolute atomic E-state index is 13.8. The average Bonchev–Trinajstić information content (AvgIpc) is 2.99. The second-order valence-corrected chi connectivity index (χ2v) is 6.34. The number of amides is 1. The summed E-state index contributed by atoms with van der Waals surface area (Å²) in [6.45, 7) is 3.19. The van der Waals surface area contributed by atoms with Gasteiger partial charge in [0, 0.05) is 43.7 Å². The third kappa shape index (κ3) is 2.98. The van der Waals surface area contributed by atoms with E-state index in [4.69, 9.17) is 0 Å². The third-order valence-electron chi connectivity index (χ3n) is 4.49. The molecule has 1 aromatic carbocycles. The number of carbonyl (C=O) groups excluding carboxylic acids is 1. The molecule has 8 heteroatoms. The summed E-state index contributed by atoms with van der Waals surface area (Å²) in [6, 6.07) is 5.34. The number of aryl methyl sites for hydroxylation is 1. The summed E-state index contributed by atoms with van der Waals surface area (Å²) in [5, 5.41) is 4.36. The van der Waals surface area contributed by atoms with Gasteiger partial charge >= 0.3 is 0 Å². The van der Waals surface area contributed by atoms with Crippen molar-refractivity contribution in [1.29, 1.82) is 0 Å². The molecule has 1 fully saturated rings. The molecule has 6 nitrogen and oxygen atoms in total. The lowest BCUT2D eigenvalue weighted by Gasteiger charge is -2.35. The van der Waals surface area contributed by atoms with Gasteiger partial charge in [0.25, 0.3) is 0 Å². The smallest absolute Gasteiger partial charge is 0.242 e. The Morgan fingerprint density at radius 1 is 1.19 bits per heavy atom. The molecule has 0 aliphatic carbocycles. The number of carbonyl (C=O) groups is 1. The van der Waals surface area contributed by atoms with Crippen molar-refractivity contribution in [3.05, 3.63) is 59.6 Å². The molecule has 134 valence electrons. The Bertz CT molecular complexity index is 987. The predicted molar refractivity (Wildman–Crippen MR) is 91.7 cm³/mol. The van der Waals surface area contributed by atoms with Gasteiger partial charge in [-0.2, -0.15) is 5.10 Å². The monoisotopic (exact) mass is 357 g/mol. The highest BCUT2D eigenvalue weighted by molar-refractivity contribution is 5.84. The van der Waals surface area contributed by atoms with Gasteiger partial charge in [-0.15, -0.1) is 0 Å². The fourth-order valence-corrected chi connectivity index (χ4v) is 3.19. The lowest BCUT2D eigenvalue weighted by Crippen LogP contribution is -2.50. The quantitative estimate of drug-likeness (QED) is 0.721. The molecule has 1 aliphatic heterocycles. The molecule has 1 amide bonds. The van der Waals surface area contributed by atoms with E-state index in [1.54, 1.807) is 21.8 Å². The highest BCUT2D eigenvalue weighted by Gasteiger charge is 2.27. The van der Waals surface area contributed by atoms with E-state index in [0.29, 0.717) is 24.5 Å². The van der Waals surface area contributed by atoms with Gasteiger partial charge in [0.2, 0.25) is 5.91 Å². The van der Waals surface area contributed by atoms with Crippen LogP contribution in [0.3, 0.4) is 0 Å². The molecule has 0 saturated carbocycles. The van der Waals surface area contributed by atoms with Crippen molar-refractivity contribution in [2.75, 3.05) is 24.5 Å². The maximum Gasteiger partial charge on any atom is 0.242 e. The number of benzene rings is 1. The van der Waals surface area contributed by atoms with Crippen LogP contribution in [0.25, 0.3) is 5.52 Å². The maximum atomic E-state index is 13.8. The summed E-state index contributed by atoms with van der Waals surface area (Å²) in [4.78, 5) is 20.4. The largest absolute Gasteiger partial charge is 0.344 e. The van der Waals surface area contributed by atoms with Gasteiger partial charge in [-0.05, 0) is 19.1 Å². The van der Waals surface area contributed by atoms with E-state index >= 15 is 0 Å². The Kier molecular flexibility index (Phi) is 4.02. The number of anilines is 1. The average molecular weight is 357 g/mol. The van der Waals surface area contributed by atoms with Crippen LogP contribution in [0, 0.1) is 18.6 Å². The van der Waals surface area contributed by atoms with E-state index in [-0.39, 0.29) is 19.0 Å². The molecule has 3 aromatic rings. The first-order valence-electron chi connectivity index (χ1n) is 8.29. The topological polar surface area (TPSA) is 53.7 Å². The zero-order valence-corrected chi connectivity index (χ0v) is 14.2. The van der Waals surface area contributed by atoms with Crippen molar-refractivity contribution < 1.29 is 13.6 Å². The number of piperazine rings is 1. The number of aromatic nitrogens is 3. The first-order chi connectivity index (χ1) is 12.5. The Morgan fingerprint density at radius 2 is 2.04 bits per heavy atom. The van der Waals surface area contributed by atoms with Crippen LogP contribution in [0.2, 0.25) is 0 Å². The van der Waals surface area contributed by atoms with Crippen LogP contribution in [0.5, 0.6) is 0 Å². The fraction of sp³-hybridized carbons (Fsp3) is 0.278. The third-order valence-corrected chi connectivity index (χ3v) is 4.49. The summed E-state index contributed by atoms with van der Waals surface area (Å²) in [5.74, 6) is -0.687. The van der Waals surface area contributed by atoms with Gasteiger partial charge in [0.15, 0.2) is 5.82 Å². The normalized spacial score (nSPS) is 15.1. The van der Waals surface area contributed by atoms with Crippen LogP contribution in [0.15, 0.2) is 36.7 Å². The van der Waals surface area contributed by atoms with Gasteiger partial charge in [-0.3, -0.25) is 4.79 Å². The molecule has 2 aromatic heterocycles. The summed E-state index contributed by atoms with van der Waals surface area (Å²) >= 11 is 0. The molecule has 0 radical (unpaired) electrons. The molecule has 0 spiro atoms. The Morgan fingerprint density at radius 3 is 2.81 bits per heavy atom. The van der Waals surface area contributed by atoms with E-state index in [9.17, 15) is 13.6 Å². The molecule has 3 heterocycles. The highest BCUT2D eigenvalue weighted by Crippen LogP contribution is 2.22. The molecule has 1 aliphatic rings. The molecule has 0 atom stereocenters. The van der Waals surface area contributed by atoms with E-state index < -0.39 is 11.6 Å². The van der Waals surface area contributed by atoms with Crippen LogP contribution in [-0.2, 0) is 11.3 Å². The summed E-state index contributed by atoms with van der Waals surface area (Å²) in [7, 11) is 0. The van der Waals surface area contributed by atoms with Crippen LogP contribution in [0.1, 0.15) is 11.3 Å². The molecule has 0 unspecified atom stereocenters. The molecule has 26 heavy (non-hydrogen) atoms. The Hall–Kier alpha value is -3.03. The van der Waals surface area contributed by atoms with E-state index in [1.807, 2.05) is 17.9 Å². The van der Waals surface area contributed by atoms with Crippen molar-refractivity contribution in [1.82, 2.24) is 19.5 Å². The van der Waals surface area contributed by atoms with Gasteiger partial charge in [-0.1, -0.05) is 6.07 Å². The summed E-state index contributed by atoms with van der Waals surface area (Å²) < 4.78 is 28.6. The van der Waals surface area contributed by atoms with Crippen LogP contribution < -0.4 is 4.90 Å². The molecular formula is C18H17F2N5O. The second-order valence-electron chi connectivity index (χ2n) is 6.34. The zero-order valence-electron chi connectivity index (χ0n) is 14.2. The molecule has 4 rings (SSSR count). The van der Waals surface area contributed by atoms with E-state index in [2.05, 4.69) is 10.1 Å². The second kappa shape index (κ2) is 6.36. The molecule has 1 saturated heterocycles. The number of hydrogen-bond donors (Lipinski definition) is 0. The number of hydrogen-bond acceptors (Lipinski definition) is 4. The van der Waals surface area contributed by atoms with E-state index in [1.165, 1.54) is 12.1 Å². The molecular weight excluding hydrogens is 340 g/mol. The number of fused-ring (bicyclic) bond motifs is 1. The Balaban J connectivity index is 1.52. The minimum Gasteiger partial charge on any atom is -0.344 e. The lowest BCUT2D eigenvalue weighted by molar-refractivity contribution is -0.131. The standard InChI is InChI=1S/C18H17F2N5O/c1-12-8-16-18(21-4-5-25(16)22-12)24-7-6-23(17(26)11-24)10-13-2-3-14(19)9-15(13)20/h2-5,8-9H,6-7,10-11H2,1H3. The van der Waals surface area contributed by atoms with Gasteiger partial charge in [0.1, 0.15) is 17.2 Å². The number of nitrogens with zero attached hydrogens (tertiary/aromatic N) is 5. The first kappa shape index (κ1) is 16.4. The summed E-state index contributed by atoms with van der Waals surface area (Å²) in [6.07, 6.45) is 3.42. The van der Waals surface area contributed by atoms with Gasteiger partial charge in [-0.25, -0.2) is 18.3 Å². The first-order valence-corrected chi connectivity index (χ1v) is 8.29. The minimum absolute atomic E-state index is 0.125. The molecule has 0 bridgehead atoms. The van der Waals surface area contributed by atoms with Crippen molar-refractivity contribution in [3.8, 4) is 0 Å². The predicted octanol–water partition coefficient (Wildman–Crippen LogP) is 2.16. The van der Waals surface area contributed by atoms with Gasteiger partial charge < -0.3 is 9.80 Å². The van der Waals surface area contributed by atoms with Gasteiger partial charge in [0.05, 0.1) is 12.2 Å². The minimum atomic E-state index is -0.638. The number of rotatable bonds is 3. The van der Waals surface area contributed by atoms with Crippen LogP contribution >= 0.6 is 0 Å². The fourth-order valence-electron chi connectivity index (χ4n) is 3.19. The van der Waals surface area contributed by atoms with Crippen LogP contribution in [-0.4, -0.2) is 45.0 Å². The van der Waals surface area contributed by atoms with Crippen LogP contribution in [0.4, 0.5) is 14.6 Å².